The van der Waals surface area contributed by atoms with Crippen LogP contribution >= 0.6 is 0 Å². The fourth-order valence-electron chi connectivity index (χ4n) is 2.69. The third-order valence-electron chi connectivity index (χ3n) is 3.74. The molecular weight excluding hydrogens is 333 g/mol. The average molecular weight is 355 g/mol. The summed E-state index contributed by atoms with van der Waals surface area (Å²) in [5.41, 5.74) is -0.992. The van der Waals surface area contributed by atoms with E-state index < -0.39 is 34.2 Å². The number of hydrogen-bond acceptors (Lipinski definition) is 6. The number of carbonyl (C=O) groups excluding carboxylic acids is 1. The van der Waals surface area contributed by atoms with Gasteiger partial charge in [0.2, 0.25) is 5.82 Å². The molecule has 1 N–H and O–H groups in total. The topological polar surface area (TPSA) is 93.9 Å². The van der Waals surface area contributed by atoms with Gasteiger partial charge in [-0.1, -0.05) is 0 Å². The first-order valence-electron chi connectivity index (χ1n) is 7.87. The van der Waals surface area contributed by atoms with Crippen molar-refractivity contribution >= 4 is 11.8 Å². The second kappa shape index (κ2) is 7.22. The highest BCUT2D eigenvalue weighted by atomic mass is 19.1. The molecule has 1 unspecified atom stereocenters. The van der Waals surface area contributed by atoms with Crippen LogP contribution in [0.4, 0.5) is 14.9 Å². The summed E-state index contributed by atoms with van der Waals surface area (Å²) < 4.78 is 24.9. The molecule has 2 rings (SSSR count). The fourth-order valence-corrected chi connectivity index (χ4v) is 2.69. The largest absolute Gasteiger partial charge is 0.493 e. The van der Waals surface area contributed by atoms with Gasteiger partial charge in [0.1, 0.15) is 5.60 Å². The van der Waals surface area contributed by atoms with Gasteiger partial charge in [0.25, 0.3) is 0 Å². The average Bonchev–Trinajstić information content (AvgIpc) is 2.52. The first-order chi connectivity index (χ1) is 11.7. The molecule has 1 aliphatic rings. The Bertz CT molecular complexity index is 674. The van der Waals surface area contributed by atoms with E-state index >= 15 is 0 Å². The van der Waals surface area contributed by atoms with Crippen LogP contribution in [0, 0.1) is 15.9 Å². The Morgan fingerprint density at radius 2 is 2.12 bits per heavy atom. The number of benzene rings is 1. The number of piperazine rings is 1. The maximum absolute atomic E-state index is 14.4. The van der Waals surface area contributed by atoms with Crippen molar-refractivity contribution < 1.29 is 23.6 Å². The Kier molecular flexibility index (Phi) is 5.46. The summed E-state index contributed by atoms with van der Waals surface area (Å²) in [5, 5.41) is 14.0. The van der Waals surface area contributed by atoms with E-state index in [0.717, 1.165) is 6.07 Å². The van der Waals surface area contributed by atoms with Crippen LogP contribution in [-0.2, 0) is 4.74 Å². The van der Waals surface area contributed by atoms with Crippen LogP contribution in [-0.4, -0.2) is 48.3 Å². The smallest absolute Gasteiger partial charge is 0.410 e. The van der Waals surface area contributed by atoms with Gasteiger partial charge in [-0.15, -0.1) is 0 Å². The van der Waals surface area contributed by atoms with Crippen molar-refractivity contribution in [2.24, 2.45) is 0 Å². The predicted octanol–water partition coefficient (Wildman–Crippen LogP) is 2.62. The molecule has 25 heavy (non-hydrogen) atoms. The summed E-state index contributed by atoms with van der Waals surface area (Å²) in [6.45, 7) is 6.55. The zero-order valence-corrected chi connectivity index (χ0v) is 14.7. The van der Waals surface area contributed by atoms with Gasteiger partial charge in [0.05, 0.1) is 18.1 Å². The number of ether oxygens (including phenoxy) is 2. The number of nitrogens with zero attached hydrogens (tertiary/aromatic N) is 2. The first kappa shape index (κ1) is 18.9. The van der Waals surface area contributed by atoms with Crippen LogP contribution < -0.4 is 10.1 Å². The molecule has 138 valence electrons. The number of carbonyl (C=O) groups is 1. The molecular formula is C16H22FN3O5. The number of methoxy groups -OCH3 is 1. The molecule has 1 aliphatic heterocycles. The van der Waals surface area contributed by atoms with E-state index in [9.17, 15) is 19.3 Å². The van der Waals surface area contributed by atoms with Gasteiger partial charge in [-0.05, 0) is 26.8 Å². The summed E-state index contributed by atoms with van der Waals surface area (Å²) in [7, 11) is 1.24. The molecule has 9 heteroatoms. The van der Waals surface area contributed by atoms with Crippen LogP contribution in [0.5, 0.6) is 5.75 Å². The lowest BCUT2D eigenvalue weighted by Gasteiger charge is -2.37. The van der Waals surface area contributed by atoms with Crippen molar-refractivity contribution in [2.45, 2.75) is 32.4 Å². The molecule has 1 aromatic carbocycles. The molecule has 0 bridgehead atoms. The lowest BCUT2D eigenvalue weighted by molar-refractivity contribution is -0.387. The number of nitrogens with one attached hydrogen (secondary N) is 1. The van der Waals surface area contributed by atoms with E-state index in [1.807, 2.05) is 0 Å². The molecule has 1 saturated heterocycles. The van der Waals surface area contributed by atoms with Gasteiger partial charge in [0, 0.05) is 31.3 Å². The quantitative estimate of drug-likeness (QED) is 0.662. The highest BCUT2D eigenvalue weighted by Gasteiger charge is 2.35. The van der Waals surface area contributed by atoms with Crippen LogP contribution in [0.3, 0.4) is 0 Å². The number of rotatable bonds is 3. The number of hydrogen-bond donors (Lipinski definition) is 1. The minimum atomic E-state index is -1.06. The van der Waals surface area contributed by atoms with E-state index in [-0.39, 0.29) is 5.75 Å². The van der Waals surface area contributed by atoms with Gasteiger partial charge in [-0.2, -0.15) is 4.39 Å². The molecule has 8 nitrogen and oxygen atoms in total. The van der Waals surface area contributed by atoms with E-state index in [1.54, 1.807) is 20.8 Å². The second-order valence-electron chi connectivity index (χ2n) is 6.67. The third kappa shape index (κ3) is 4.16. The van der Waals surface area contributed by atoms with Crippen LogP contribution in [0.1, 0.15) is 32.4 Å². The van der Waals surface area contributed by atoms with Gasteiger partial charge in [-0.3, -0.25) is 15.0 Å². The maximum Gasteiger partial charge on any atom is 0.410 e. The zero-order chi connectivity index (χ0) is 18.8. The number of nitro benzene ring substituents is 1. The highest BCUT2D eigenvalue weighted by molar-refractivity contribution is 5.69. The molecule has 0 aromatic heterocycles. The van der Waals surface area contributed by atoms with E-state index in [2.05, 4.69) is 5.32 Å². The lowest BCUT2D eigenvalue weighted by atomic mass is 10.0. The maximum atomic E-state index is 14.4. The molecule has 1 atom stereocenters. The van der Waals surface area contributed by atoms with Crippen molar-refractivity contribution in [3.05, 3.63) is 33.6 Å². The monoisotopic (exact) mass is 355 g/mol. The number of amides is 1. The summed E-state index contributed by atoms with van der Waals surface area (Å²) in [6, 6.07) is 1.93. The lowest BCUT2D eigenvalue weighted by Crippen LogP contribution is -2.50. The summed E-state index contributed by atoms with van der Waals surface area (Å²) >= 11 is 0. The number of halogens is 1. The Morgan fingerprint density at radius 3 is 2.68 bits per heavy atom. The summed E-state index contributed by atoms with van der Waals surface area (Å²) in [5.74, 6) is -1.30. The Morgan fingerprint density at radius 1 is 1.44 bits per heavy atom. The van der Waals surface area contributed by atoms with Crippen molar-refractivity contribution in [1.29, 1.82) is 0 Å². The van der Waals surface area contributed by atoms with Gasteiger partial charge >= 0.3 is 11.8 Å². The van der Waals surface area contributed by atoms with Crippen molar-refractivity contribution in [1.82, 2.24) is 10.2 Å². The van der Waals surface area contributed by atoms with Crippen molar-refractivity contribution in [3.63, 3.8) is 0 Å². The van der Waals surface area contributed by atoms with Crippen LogP contribution in [0.25, 0.3) is 0 Å². The van der Waals surface area contributed by atoms with Crippen molar-refractivity contribution in [3.8, 4) is 5.75 Å². The van der Waals surface area contributed by atoms with Crippen LogP contribution in [0.15, 0.2) is 12.1 Å². The standard InChI is InChI=1S/C16H22FN3O5/c1-16(2,3)25-15(21)19-8-7-18-9-12(19)10-5-6-11(20(22)23)13(17)14(10)24-4/h5-6,12,18H,7-9H2,1-4H3. The molecule has 1 heterocycles. The Hall–Kier alpha value is -2.42. The zero-order valence-electron chi connectivity index (χ0n) is 14.7. The van der Waals surface area contributed by atoms with Crippen molar-refractivity contribution in [2.75, 3.05) is 26.7 Å². The van der Waals surface area contributed by atoms with Gasteiger partial charge in [0.15, 0.2) is 5.75 Å². The fraction of sp³-hybridized carbons (Fsp3) is 0.562. The third-order valence-corrected chi connectivity index (χ3v) is 3.74. The van der Waals surface area contributed by atoms with Gasteiger partial charge < -0.3 is 14.8 Å². The molecule has 1 aromatic rings. The summed E-state index contributed by atoms with van der Waals surface area (Å²) in [6.07, 6.45) is -0.528. The normalized spacial score (nSPS) is 18.0. The second-order valence-corrected chi connectivity index (χ2v) is 6.67. The van der Waals surface area contributed by atoms with Crippen LogP contribution in [0.2, 0.25) is 0 Å². The molecule has 0 radical (unpaired) electrons. The molecule has 1 amide bonds. The van der Waals surface area contributed by atoms with Gasteiger partial charge in [-0.25, -0.2) is 4.79 Å². The molecule has 1 fully saturated rings. The Labute approximate surface area is 145 Å². The van der Waals surface area contributed by atoms with E-state index in [4.69, 9.17) is 9.47 Å². The minimum absolute atomic E-state index is 0.239. The molecule has 0 aliphatic carbocycles. The Balaban J connectivity index is 2.41. The molecule has 0 saturated carbocycles. The summed E-state index contributed by atoms with van der Waals surface area (Å²) in [4.78, 5) is 24.1. The van der Waals surface area contributed by atoms with E-state index in [0.29, 0.717) is 25.2 Å². The minimum Gasteiger partial charge on any atom is -0.493 e. The first-order valence-corrected chi connectivity index (χ1v) is 7.87. The number of nitro groups is 1. The highest BCUT2D eigenvalue weighted by Crippen LogP contribution is 2.37. The van der Waals surface area contributed by atoms with E-state index in [1.165, 1.54) is 18.1 Å². The molecule has 0 spiro atoms. The SMILES string of the molecule is COc1c(C2CNCCN2C(=O)OC(C)(C)C)ccc([N+](=O)[O-])c1F. The predicted molar refractivity (Wildman–Crippen MR) is 88.2 cm³/mol.